The normalized spacial score (nSPS) is 21.5. The summed E-state index contributed by atoms with van der Waals surface area (Å²) in [5.41, 5.74) is -1.58. The Kier molecular flexibility index (Phi) is 2.12. The Bertz CT molecular complexity index is 85.7. The molecule has 3 heteroatoms. The second kappa shape index (κ2) is 2.24. The average Bonchev–Trinajstić information content (AvgIpc) is 1.67. The van der Waals surface area contributed by atoms with Crippen LogP contribution in [0.2, 0.25) is 0 Å². The summed E-state index contributed by atoms with van der Waals surface area (Å²) in [6.07, 6.45) is -0.683. The summed E-state index contributed by atoms with van der Waals surface area (Å²) in [7, 11) is 0. The van der Waals surface area contributed by atoms with E-state index in [1.165, 1.54) is 13.8 Å². The molecule has 0 radical (unpaired) electrons. The number of carbonyl (C=O) groups is 1. The fourth-order valence-electron chi connectivity index (χ4n) is 0.0985. The summed E-state index contributed by atoms with van der Waals surface area (Å²) in [5, 5.41) is 17.4. The Hall–Kier alpha value is -0.410. The first kappa shape index (κ1) is 7.59. The molecular formula is C5H10O3. The standard InChI is InChI=1S/C5H10O3/c1-4(7)5(2,8)3-6/h3-4,7-8H,1-2H3. The van der Waals surface area contributed by atoms with E-state index in [1.54, 1.807) is 0 Å². The van der Waals surface area contributed by atoms with Gasteiger partial charge in [-0.15, -0.1) is 0 Å². The highest BCUT2D eigenvalue weighted by molar-refractivity contribution is 5.62. The Morgan fingerprint density at radius 3 is 2.12 bits per heavy atom. The van der Waals surface area contributed by atoms with Crippen LogP contribution in [0.4, 0.5) is 0 Å². The molecule has 0 aliphatic rings. The maximum Gasteiger partial charge on any atom is 0.153 e. The molecule has 8 heavy (non-hydrogen) atoms. The van der Waals surface area contributed by atoms with Gasteiger partial charge in [-0.3, -0.25) is 0 Å². The van der Waals surface area contributed by atoms with Gasteiger partial charge in [-0.2, -0.15) is 0 Å². The second-order valence-corrected chi connectivity index (χ2v) is 2.02. The average molecular weight is 118 g/mol. The summed E-state index contributed by atoms with van der Waals surface area (Å²) in [5.74, 6) is 0. The molecule has 3 nitrogen and oxygen atoms in total. The summed E-state index contributed by atoms with van der Waals surface area (Å²) >= 11 is 0. The molecule has 0 rings (SSSR count). The van der Waals surface area contributed by atoms with Crippen LogP contribution in [-0.2, 0) is 4.79 Å². The first-order valence-electron chi connectivity index (χ1n) is 2.37. The maximum absolute atomic E-state index is 9.86. The van der Waals surface area contributed by atoms with E-state index in [9.17, 15) is 4.79 Å². The van der Waals surface area contributed by atoms with E-state index in [1.807, 2.05) is 0 Å². The van der Waals surface area contributed by atoms with Crippen molar-refractivity contribution in [3.05, 3.63) is 0 Å². The lowest BCUT2D eigenvalue weighted by atomic mass is 10.0. The van der Waals surface area contributed by atoms with Crippen molar-refractivity contribution in [3.63, 3.8) is 0 Å². The number of hydrogen-bond donors (Lipinski definition) is 2. The minimum atomic E-state index is -1.58. The van der Waals surface area contributed by atoms with Gasteiger partial charge in [0.2, 0.25) is 0 Å². The first-order chi connectivity index (χ1) is 3.50. The maximum atomic E-state index is 9.86. The summed E-state index contributed by atoms with van der Waals surface area (Å²) in [6.45, 7) is 2.61. The predicted octanol–water partition coefficient (Wildman–Crippen LogP) is -0.683. The zero-order chi connectivity index (χ0) is 6.78. The van der Waals surface area contributed by atoms with Gasteiger partial charge in [-0.1, -0.05) is 0 Å². The molecule has 0 amide bonds. The Morgan fingerprint density at radius 2 is 2.12 bits per heavy atom. The van der Waals surface area contributed by atoms with Gasteiger partial charge >= 0.3 is 0 Å². The highest BCUT2D eigenvalue weighted by Crippen LogP contribution is 2.03. The summed E-state index contributed by atoms with van der Waals surface area (Å²) in [4.78, 5) is 9.86. The Balaban J connectivity index is 3.90. The van der Waals surface area contributed by atoms with Crippen LogP contribution in [0.1, 0.15) is 13.8 Å². The van der Waals surface area contributed by atoms with Crippen molar-refractivity contribution in [2.75, 3.05) is 0 Å². The van der Waals surface area contributed by atoms with Gasteiger partial charge in [0.25, 0.3) is 0 Å². The fraction of sp³-hybridized carbons (Fsp3) is 0.800. The van der Waals surface area contributed by atoms with Gasteiger partial charge in [0.15, 0.2) is 6.29 Å². The van der Waals surface area contributed by atoms with Crippen LogP contribution < -0.4 is 0 Å². The minimum Gasteiger partial charge on any atom is -0.390 e. The van der Waals surface area contributed by atoms with E-state index in [0.29, 0.717) is 6.29 Å². The van der Waals surface area contributed by atoms with Crippen LogP contribution in [0.5, 0.6) is 0 Å². The van der Waals surface area contributed by atoms with Crippen LogP contribution in [-0.4, -0.2) is 28.2 Å². The molecule has 2 unspecified atom stereocenters. The van der Waals surface area contributed by atoms with Crippen molar-refractivity contribution in [1.82, 2.24) is 0 Å². The molecule has 0 aromatic heterocycles. The molecule has 0 aromatic rings. The van der Waals surface area contributed by atoms with Gasteiger partial charge < -0.3 is 15.0 Å². The van der Waals surface area contributed by atoms with Crippen molar-refractivity contribution >= 4 is 6.29 Å². The molecule has 0 heterocycles. The van der Waals surface area contributed by atoms with E-state index in [-0.39, 0.29) is 0 Å². The quantitative estimate of drug-likeness (QED) is 0.472. The van der Waals surface area contributed by atoms with Crippen molar-refractivity contribution in [1.29, 1.82) is 0 Å². The van der Waals surface area contributed by atoms with E-state index in [0.717, 1.165) is 0 Å². The minimum absolute atomic E-state index is 0.317. The largest absolute Gasteiger partial charge is 0.390 e. The second-order valence-electron chi connectivity index (χ2n) is 2.02. The summed E-state index contributed by atoms with van der Waals surface area (Å²) in [6, 6.07) is 0. The predicted molar refractivity (Wildman–Crippen MR) is 28.4 cm³/mol. The highest BCUT2D eigenvalue weighted by Gasteiger charge is 2.24. The molecule has 2 atom stereocenters. The monoisotopic (exact) mass is 118 g/mol. The van der Waals surface area contributed by atoms with Crippen LogP contribution in [0.15, 0.2) is 0 Å². The molecule has 2 N–H and O–H groups in total. The van der Waals surface area contributed by atoms with Crippen molar-refractivity contribution in [3.8, 4) is 0 Å². The zero-order valence-electron chi connectivity index (χ0n) is 4.96. The van der Waals surface area contributed by atoms with E-state index in [4.69, 9.17) is 10.2 Å². The smallest absolute Gasteiger partial charge is 0.153 e. The number of carbonyl (C=O) groups excluding carboxylic acids is 1. The first-order valence-corrected chi connectivity index (χ1v) is 2.37. The SMILES string of the molecule is CC(O)C(C)(O)C=O. The lowest BCUT2D eigenvalue weighted by Crippen LogP contribution is -2.38. The number of aliphatic hydroxyl groups excluding tert-OH is 1. The van der Waals surface area contributed by atoms with Crippen molar-refractivity contribution < 1.29 is 15.0 Å². The van der Waals surface area contributed by atoms with E-state index in [2.05, 4.69) is 0 Å². The molecular weight excluding hydrogens is 108 g/mol. The van der Waals surface area contributed by atoms with Gasteiger partial charge in [0.1, 0.15) is 5.60 Å². The molecule has 0 fully saturated rings. The highest BCUT2D eigenvalue weighted by atomic mass is 16.3. The number of hydrogen-bond acceptors (Lipinski definition) is 3. The Morgan fingerprint density at radius 1 is 1.75 bits per heavy atom. The molecule has 48 valence electrons. The van der Waals surface area contributed by atoms with Crippen LogP contribution in [0, 0.1) is 0 Å². The van der Waals surface area contributed by atoms with Crippen LogP contribution in [0.25, 0.3) is 0 Å². The molecule has 0 aliphatic carbocycles. The van der Waals surface area contributed by atoms with Crippen LogP contribution >= 0.6 is 0 Å². The number of aldehydes is 1. The molecule has 0 spiro atoms. The number of rotatable bonds is 2. The topological polar surface area (TPSA) is 57.5 Å². The van der Waals surface area contributed by atoms with Crippen molar-refractivity contribution in [2.45, 2.75) is 25.6 Å². The van der Waals surface area contributed by atoms with Gasteiger partial charge in [0, 0.05) is 0 Å². The molecule has 0 saturated heterocycles. The van der Waals surface area contributed by atoms with Crippen LogP contribution in [0.3, 0.4) is 0 Å². The van der Waals surface area contributed by atoms with Crippen molar-refractivity contribution in [2.24, 2.45) is 0 Å². The zero-order valence-corrected chi connectivity index (χ0v) is 4.96. The van der Waals surface area contributed by atoms with Gasteiger partial charge in [-0.05, 0) is 13.8 Å². The molecule has 0 bridgehead atoms. The third kappa shape index (κ3) is 1.60. The fourth-order valence-corrected chi connectivity index (χ4v) is 0.0985. The van der Waals surface area contributed by atoms with E-state index < -0.39 is 11.7 Å². The van der Waals surface area contributed by atoms with Gasteiger partial charge in [0.05, 0.1) is 6.10 Å². The lowest BCUT2D eigenvalue weighted by molar-refractivity contribution is -0.132. The summed E-state index contributed by atoms with van der Waals surface area (Å²) < 4.78 is 0. The third-order valence-corrected chi connectivity index (χ3v) is 1.08. The number of aliphatic hydroxyl groups is 2. The molecule has 0 aliphatic heterocycles. The van der Waals surface area contributed by atoms with Gasteiger partial charge in [-0.25, -0.2) is 0 Å². The lowest BCUT2D eigenvalue weighted by Gasteiger charge is -2.17. The third-order valence-electron chi connectivity index (χ3n) is 1.08. The Labute approximate surface area is 47.9 Å². The molecule has 0 saturated carbocycles. The van der Waals surface area contributed by atoms with E-state index >= 15 is 0 Å². The molecule has 0 aromatic carbocycles.